The number of aromatic nitrogens is 2. The van der Waals surface area contributed by atoms with E-state index >= 15 is 0 Å². The Morgan fingerprint density at radius 1 is 0.912 bits per heavy atom. The highest BCUT2D eigenvalue weighted by Crippen LogP contribution is 2.24. The van der Waals surface area contributed by atoms with Gasteiger partial charge in [-0.15, -0.1) is 0 Å². The minimum absolute atomic E-state index is 0.0512. The van der Waals surface area contributed by atoms with Crippen molar-refractivity contribution >= 4 is 64.3 Å². The number of rotatable bonds is 31. The minimum Gasteiger partial charge on any atom is -0.481 e. The molecule has 3 aromatic rings. The molecule has 0 saturated carbocycles. The van der Waals surface area contributed by atoms with Gasteiger partial charge >= 0.3 is 5.97 Å². The Labute approximate surface area is 401 Å². The van der Waals surface area contributed by atoms with E-state index in [4.69, 9.17) is 30.8 Å². The van der Waals surface area contributed by atoms with Crippen LogP contribution in [0.5, 0.6) is 0 Å². The molecule has 1 unspecified atom stereocenters. The molecule has 1 saturated heterocycles. The molecule has 0 aliphatic carbocycles. The molecular formula is C48H63ClN8O11. The number of hydrogen-bond donors (Lipinski definition) is 5. The maximum Gasteiger partial charge on any atom is 0.305 e. The molecule has 68 heavy (non-hydrogen) atoms. The van der Waals surface area contributed by atoms with Crippen molar-refractivity contribution in [3.05, 3.63) is 82.3 Å². The Kier molecular flexibility index (Phi) is 22.2. The summed E-state index contributed by atoms with van der Waals surface area (Å²) in [5.41, 5.74) is 4.00. The molecule has 5 N–H and O–H groups in total. The first-order valence-electron chi connectivity index (χ1n) is 23.1. The molecule has 4 amide bonds. The summed E-state index contributed by atoms with van der Waals surface area (Å²) in [4.78, 5) is 98.4. The van der Waals surface area contributed by atoms with Gasteiger partial charge in [-0.25, -0.2) is 9.97 Å². The number of aryl methyl sites for hydroxylation is 2. The fourth-order valence-electron chi connectivity index (χ4n) is 7.77. The van der Waals surface area contributed by atoms with Gasteiger partial charge in [-0.2, -0.15) is 0 Å². The van der Waals surface area contributed by atoms with E-state index in [1.807, 2.05) is 23.1 Å². The first kappa shape index (κ1) is 53.1. The van der Waals surface area contributed by atoms with Crippen LogP contribution in [0.3, 0.4) is 0 Å². The average Bonchev–Trinajstić information content (AvgIpc) is 3.66. The first-order valence-corrected chi connectivity index (χ1v) is 23.5. The van der Waals surface area contributed by atoms with Crippen molar-refractivity contribution in [3.63, 3.8) is 0 Å². The van der Waals surface area contributed by atoms with Crippen LogP contribution in [-0.4, -0.2) is 144 Å². The van der Waals surface area contributed by atoms with Crippen molar-refractivity contribution < 1.29 is 52.9 Å². The molecule has 0 radical (unpaired) electrons. The molecule has 20 heteroatoms. The number of carboxylic acid groups (broad SMARTS) is 1. The van der Waals surface area contributed by atoms with Gasteiger partial charge in [0.1, 0.15) is 22.5 Å². The zero-order valence-corrected chi connectivity index (χ0v) is 39.4. The van der Waals surface area contributed by atoms with Gasteiger partial charge in [-0.3, -0.25) is 38.5 Å². The number of hydrogen-bond acceptors (Lipinski definition) is 14. The number of carbonyl (C=O) groups is 7. The topological polar surface area (TPSA) is 248 Å². The number of halogens is 1. The lowest BCUT2D eigenvalue weighted by molar-refractivity contribution is -0.139. The normalized spacial score (nSPS) is 14.8. The fourth-order valence-corrected chi connectivity index (χ4v) is 7.89. The molecule has 0 bridgehead atoms. The van der Waals surface area contributed by atoms with Crippen LogP contribution in [0.2, 0.25) is 5.15 Å². The van der Waals surface area contributed by atoms with Crippen molar-refractivity contribution in [2.24, 2.45) is 0 Å². The number of fused-ring (bicyclic) bond motifs is 1. The van der Waals surface area contributed by atoms with E-state index in [0.717, 1.165) is 42.0 Å². The Morgan fingerprint density at radius 3 is 2.37 bits per heavy atom. The van der Waals surface area contributed by atoms with Gasteiger partial charge in [0, 0.05) is 63.9 Å². The number of ether oxygens (including phenoxy) is 3. The predicted octanol–water partition coefficient (Wildman–Crippen LogP) is 3.68. The molecule has 4 heterocycles. The van der Waals surface area contributed by atoms with E-state index < -0.39 is 24.0 Å². The molecule has 0 spiro atoms. The molecule has 368 valence electrons. The second-order valence-corrected chi connectivity index (χ2v) is 17.1. The summed E-state index contributed by atoms with van der Waals surface area (Å²) in [5.74, 6) is -1.57. The average molecular weight is 964 g/mol. The summed E-state index contributed by atoms with van der Waals surface area (Å²) in [6.07, 6.45) is 5.04. The largest absolute Gasteiger partial charge is 0.481 e. The van der Waals surface area contributed by atoms with E-state index in [0.29, 0.717) is 103 Å². The van der Waals surface area contributed by atoms with Gasteiger partial charge in [0.25, 0.3) is 0 Å². The smallest absolute Gasteiger partial charge is 0.305 e. The Bertz CT molecular complexity index is 2160. The number of carbonyl (C=O) groups excluding carboxylic acids is 6. The van der Waals surface area contributed by atoms with Gasteiger partial charge < -0.3 is 45.5 Å². The number of anilines is 2. The number of likely N-dealkylation sites (tertiary alicyclic amines) is 1. The van der Waals surface area contributed by atoms with E-state index in [-0.39, 0.29) is 66.7 Å². The van der Waals surface area contributed by atoms with Crippen LogP contribution in [0, 0.1) is 0 Å². The number of carboxylic acids is 1. The second kappa shape index (κ2) is 28.5. The zero-order chi connectivity index (χ0) is 48.7. The van der Waals surface area contributed by atoms with E-state index in [9.17, 15) is 38.7 Å². The summed E-state index contributed by atoms with van der Waals surface area (Å²) < 4.78 is 17.1. The fraction of sp³-hybridized carbons (Fsp3) is 0.521. The third-order valence-electron chi connectivity index (χ3n) is 11.2. The highest BCUT2D eigenvalue weighted by molar-refractivity contribution is 6.29. The molecule has 2 aliphatic rings. The lowest BCUT2D eigenvalue weighted by Gasteiger charge is -2.28. The number of pyridine rings is 2. The van der Waals surface area contributed by atoms with Crippen LogP contribution < -0.4 is 21.3 Å². The highest BCUT2D eigenvalue weighted by Gasteiger charge is 2.37. The summed E-state index contributed by atoms with van der Waals surface area (Å²) in [7, 11) is 0. The summed E-state index contributed by atoms with van der Waals surface area (Å²) >= 11 is 5.90. The number of nitrogens with one attached hydrogen (secondary N) is 4. The SMILES string of the molecule is CC(=O)CC(=O)CCc1ccc(NC(=O)CCCC(=O)NCCOCCOCCOCCN(Cc2ccc3c(n2)NCCC3)[C@H]2CCN(CC(=O)NC(CC(=O)O)c3ccc(Cl)nc3)C2=O)cc1. The highest BCUT2D eigenvalue weighted by atomic mass is 35.5. The standard InChI is InChI=1S/C48H63ClN8O11/c1-33(58)28-39(59)15-9-34-7-12-37(13-8-34)53-44(61)6-2-5-43(60)50-19-22-66-24-26-68-27-25-67-23-21-56(31-38-14-10-35-4-3-18-51-47(35)54-38)41-17-20-57(48(41)65)32-45(62)55-40(29-46(63)64)36-11-16-42(49)52-30-36/h7-8,10-14,16,30,40-41H,2-6,9,15,17-29,31-32H2,1H3,(H,50,60)(H,51,54)(H,53,61)(H,55,62)(H,63,64)/t40?,41-/m0/s1. The van der Waals surface area contributed by atoms with Crippen molar-refractivity contribution in [3.8, 4) is 0 Å². The van der Waals surface area contributed by atoms with Crippen LogP contribution in [0.15, 0.2) is 54.7 Å². The van der Waals surface area contributed by atoms with Crippen LogP contribution >= 0.6 is 11.6 Å². The van der Waals surface area contributed by atoms with Gasteiger partial charge in [0.15, 0.2) is 0 Å². The van der Waals surface area contributed by atoms with Crippen LogP contribution in [-0.2, 0) is 67.2 Å². The maximum atomic E-state index is 13.8. The van der Waals surface area contributed by atoms with E-state index in [1.54, 1.807) is 18.2 Å². The Balaban J connectivity index is 0.943. The van der Waals surface area contributed by atoms with Crippen molar-refractivity contribution in [1.82, 2.24) is 30.4 Å². The van der Waals surface area contributed by atoms with Crippen molar-refractivity contribution in [2.45, 2.75) is 89.8 Å². The van der Waals surface area contributed by atoms with E-state index in [2.05, 4.69) is 32.3 Å². The third-order valence-corrected chi connectivity index (χ3v) is 11.5. The zero-order valence-electron chi connectivity index (χ0n) is 38.6. The van der Waals surface area contributed by atoms with Gasteiger partial charge in [0.05, 0.1) is 76.8 Å². The number of ketones is 2. The predicted molar refractivity (Wildman–Crippen MR) is 252 cm³/mol. The summed E-state index contributed by atoms with van der Waals surface area (Å²) in [5, 5.41) is 21.4. The third kappa shape index (κ3) is 19.0. The number of nitrogens with zero attached hydrogens (tertiary/aromatic N) is 4. The quantitative estimate of drug-likeness (QED) is 0.0351. The summed E-state index contributed by atoms with van der Waals surface area (Å²) in [6.45, 7) is 5.38. The van der Waals surface area contributed by atoms with Crippen molar-refractivity contribution in [2.75, 3.05) is 83.0 Å². The maximum absolute atomic E-state index is 13.8. The van der Waals surface area contributed by atoms with Crippen LogP contribution in [0.1, 0.15) is 86.7 Å². The number of aliphatic carboxylic acids is 1. The summed E-state index contributed by atoms with van der Waals surface area (Å²) in [6, 6.07) is 13.0. The molecule has 19 nitrogen and oxygen atoms in total. The number of benzene rings is 1. The van der Waals surface area contributed by atoms with Crippen LogP contribution in [0.4, 0.5) is 11.5 Å². The molecule has 5 rings (SSSR count). The van der Waals surface area contributed by atoms with Gasteiger partial charge in [0.2, 0.25) is 23.6 Å². The number of Topliss-reactive ketones (excluding diaryl/α,β-unsaturated/α-hetero) is 2. The molecule has 2 aliphatic heterocycles. The number of amides is 4. The van der Waals surface area contributed by atoms with Crippen molar-refractivity contribution in [1.29, 1.82) is 0 Å². The minimum atomic E-state index is -1.10. The molecule has 2 atom stereocenters. The first-order chi connectivity index (χ1) is 32.8. The monoisotopic (exact) mass is 962 g/mol. The van der Waals surface area contributed by atoms with Crippen LogP contribution in [0.25, 0.3) is 0 Å². The van der Waals surface area contributed by atoms with Gasteiger partial charge in [-0.1, -0.05) is 35.9 Å². The molecule has 1 aromatic carbocycles. The molecular weight excluding hydrogens is 900 g/mol. The molecule has 1 fully saturated rings. The molecule has 2 aromatic heterocycles. The lowest BCUT2D eigenvalue weighted by atomic mass is 10.0. The van der Waals surface area contributed by atoms with Gasteiger partial charge in [-0.05, 0) is 80.0 Å². The Hall–Kier alpha value is -5.86. The Morgan fingerprint density at radius 2 is 1.65 bits per heavy atom. The second-order valence-electron chi connectivity index (χ2n) is 16.7. The van der Waals surface area contributed by atoms with E-state index in [1.165, 1.54) is 24.1 Å². The lowest BCUT2D eigenvalue weighted by Crippen LogP contribution is -2.46.